The normalized spacial score (nSPS) is 19.5. The van der Waals surface area contributed by atoms with Gasteiger partial charge in [0.25, 0.3) is 5.91 Å². The molecule has 1 aliphatic heterocycles. The summed E-state index contributed by atoms with van der Waals surface area (Å²) in [5, 5.41) is 4.86. The standard InChI is InChI=1S/C13H12F6N2O2/c14-12(15,16)7-3-8(13(17,18)19)5-9(4-7)21-11(22)10-6-20-1-2-23-10/h3-5,10,20H,1-2,6H2,(H,21,22). The fourth-order valence-electron chi connectivity index (χ4n) is 1.98. The molecule has 1 fully saturated rings. The van der Waals surface area contributed by atoms with Crippen LogP contribution in [0.3, 0.4) is 0 Å². The molecule has 1 amide bonds. The van der Waals surface area contributed by atoms with E-state index < -0.39 is 41.2 Å². The van der Waals surface area contributed by atoms with Gasteiger partial charge in [0.15, 0.2) is 0 Å². The van der Waals surface area contributed by atoms with E-state index in [4.69, 9.17) is 4.74 Å². The number of anilines is 1. The second kappa shape index (κ2) is 6.36. The lowest BCUT2D eigenvalue weighted by molar-refractivity contribution is -0.143. The maximum Gasteiger partial charge on any atom is 0.416 e. The van der Waals surface area contributed by atoms with Gasteiger partial charge in [-0.15, -0.1) is 0 Å². The molecule has 0 aliphatic carbocycles. The topological polar surface area (TPSA) is 50.4 Å². The third-order valence-electron chi connectivity index (χ3n) is 3.08. The second-order valence-corrected chi connectivity index (χ2v) is 4.85. The quantitative estimate of drug-likeness (QED) is 0.813. The van der Waals surface area contributed by atoms with E-state index in [0.717, 1.165) is 0 Å². The Morgan fingerprint density at radius 1 is 1.09 bits per heavy atom. The average Bonchev–Trinajstić information content (AvgIpc) is 2.46. The number of hydrogen-bond acceptors (Lipinski definition) is 3. The summed E-state index contributed by atoms with van der Waals surface area (Å²) in [5.74, 6) is -0.815. The van der Waals surface area contributed by atoms with Crippen LogP contribution in [-0.4, -0.2) is 31.7 Å². The van der Waals surface area contributed by atoms with Gasteiger partial charge in [0.1, 0.15) is 6.10 Å². The Balaban J connectivity index is 2.28. The molecule has 1 aliphatic rings. The van der Waals surface area contributed by atoms with Gasteiger partial charge in [-0.05, 0) is 18.2 Å². The first-order chi connectivity index (χ1) is 10.6. The molecular weight excluding hydrogens is 330 g/mol. The van der Waals surface area contributed by atoms with Crippen LogP contribution in [0.1, 0.15) is 11.1 Å². The number of carbonyl (C=O) groups is 1. The van der Waals surface area contributed by atoms with E-state index in [1.807, 2.05) is 5.32 Å². The molecular formula is C13H12F6N2O2. The summed E-state index contributed by atoms with van der Waals surface area (Å²) >= 11 is 0. The molecule has 1 heterocycles. The van der Waals surface area contributed by atoms with E-state index >= 15 is 0 Å². The van der Waals surface area contributed by atoms with E-state index in [-0.39, 0.29) is 19.2 Å². The lowest BCUT2D eigenvalue weighted by Gasteiger charge is -2.23. The number of ether oxygens (including phenoxy) is 1. The molecule has 0 saturated carbocycles. The summed E-state index contributed by atoms with van der Waals surface area (Å²) in [7, 11) is 0. The van der Waals surface area contributed by atoms with Gasteiger partial charge in [0.2, 0.25) is 0 Å². The Bertz CT molecular complexity index is 547. The predicted molar refractivity (Wildman–Crippen MR) is 67.7 cm³/mol. The molecule has 2 rings (SSSR count). The number of halogens is 6. The molecule has 1 aromatic rings. The number of alkyl halides is 6. The fourth-order valence-corrected chi connectivity index (χ4v) is 1.98. The molecule has 128 valence electrons. The first kappa shape index (κ1) is 17.5. The molecule has 1 aromatic carbocycles. The van der Waals surface area contributed by atoms with Crippen LogP contribution in [0.2, 0.25) is 0 Å². The second-order valence-electron chi connectivity index (χ2n) is 4.85. The van der Waals surface area contributed by atoms with Crippen molar-refractivity contribution < 1.29 is 35.9 Å². The summed E-state index contributed by atoms with van der Waals surface area (Å²) in [6, 6.07) is 0.890. The van der Waals surface area contributed by atoms with Gasteiger partial charge in [0, 0.05) is 18.8 Å². The smallest absolute Gasteiger partial charge is 0.366 e. The number of nitrogens with one attached hydrogen (secondary N) is 2. The highest BCUT2D eigenvalue weighted by Gasteiger charge is 2.37. The van der Waals surface area contributed by atoms with Crippen LogP contribution < -0.4 is 10.6 Å². The van der Waals surface area contributed by atoms with Gasteiger partial charge in [-0.25, -0.2) is 0 Å². The largest absolute Gasteiger partial charge is 0.416 e. The van der Waals surface area contributed by atoms with Crippen LogP contribution in [0.25, 0.3) is 0 Å². The van der Waals surface area contributed by atoms with Crippen molar-refractivity contribution in [3.05, 3.63) is 29.3 Å². The molecule has 2 N–H and O–H groups in total. The molecule has 10 heteroatoms. The first-order valence-corrected chi connectivity index (χ1v) is 6.50. The van der Waals surface area contributed by atoms with Gasteiger partial charge in [-0.1, -0.05) is 0 Å². The molecule has 0 spiro atoms. The zero-order chi connectivity index (χ0) is 17.3. The van der Waals surface area contributed by atoms with E-state index in [1.54, 1.807) is 0 Å². The van der Waals surface area contributed by atoms with Crippen LogP contribution in [0.4, 0.5) is 32.0 Å². The predicted octanol–water partition coefficient (Wildman–Crippen LogP) is 2.65. The van der Waals surface area contributed by atoms with Crippen molar-refractivity contribution in [1.82, 2.24) is 5.32 Å². The third kappa shape index (κ3) is 4.58. The maximum atomic E-state index is 12.7. The van der Waals surface area contributed by atoms with E-state index in [0.29, 0.717) is 18.7 Å². The monoisotopic (exact) mass is 342 g/mol. The zero-order valence-corrected chi connectivity index (χ0v) is 11.5. The third-order valence-corrected chi connectivity index (χ3v) is 3.08. The number of hydrogen-bond donors (Lipinski definition) is 2. The lowest BCUT2D eigenvalue weighted by Crippen LogP contribution is -2.45. The summed E-state index contributed by atoms with van der Waals surface area (Å²) in [6.07, 6.45) is -10.9. The molecule has 0 aromatic heterocycles. The SMILES string of the molecule is O=C(Nc1cc(C(F)(F)F)cc(C(F)(F)F)c1)C1CNCCO1. The van der Waals surface area contributed by atoms with Gasteiger partial charge >= 0.3 is 12.4 Å². The summed E-state index contributed by atoms with van der Waals surface area (Å²) in [6.45, 7) is 0.844. The maximum absolute atomic E-state index is 12.7. The molecule has 23 heavy (non-hydrogen) atoms. The van der Waals surface area contributed by atoms with Crippen LogP contribution in [-0.2, 0) is 21.9 Å². The zero-order valence-electron chi connectivity index (χ0n) is 11.5. The number of benzene rings is 1. The Kier molecular flexibility index (Phi) is 4.85. The molecule has 4 nitrogen and oxygen atoms in total. The minimum atomic E-state index is -4.97. The Morgan fingerprint density at radius 2 is 1.65 bits per heavy atom. The molecule has 1 unspecified atom stereocenters. The van der Waals surface area contributed by atoms with Crippen molar-refractivity contribution in [1.29, 1.82) is 0 Å². The van der Waals surface area contributed by atoms with Crippen molar-refractivity contribution in [3.8, 4) is 0 Å². The number of morpholine rings is 1. The van der Waals surface area contributed by atoms with Crippen LogP contribution >= 0.6 is 0 Å². The van der Waals surface area contributed by atoms with Crippen LogP contribution in [0.15, 0.2) is 18.2 Å². The summed E-state index contributed by atoms with van der Waals surface area (Å²) < 4.78 is 81.4. The molecule has 0 radical (unpaired) electrons. The first-order valence-electron chi connectivity index (χ1n) is 6.50. The van der Waals surface area contributed by atoms with Gasteiger partial charge in [-0.2, -0.15) is 26.3 Å². The average molecular weight is 342 g/mol. The minimum absolute atomic E-state index is 0.00563. The minimum Gasteiger partial charge on any atom is -0.366 e. The van der Waals surface area contributed by atoms with Gasteiger partial charge in [-0.3, -0.25) is 4.79 Å². The van der Waals surface area contributed by atoms with Gasteiger partial charge < -0.3 is 15.4 Å². The fraction of sp³-hybridized carbons (Fsp3) is 0.462. The highest BCUT2D eigenvalue weighted by atomic mass is 19.4. The summed E-state index contributed by atoms with van der Waals surface area (Å²) in [5.41, 5.74) is -3.58. The lowest BCUT2D eigenvalue weighted by atomic mass is 10.1. The van der Waals surface area contributed by atoms with Crippen molar-refractivity contribution >= 4 is 11.6 Å². The number of amides is 1. The van der Waals surface area contributed by atoms with Crippen molar-refractivity contribution in [2.45, 2.75) is 18.5 Å². The molecule has 1 saturated heterocycles. The van der Waals surface area contributed by atoms with Gasteiger partial charge in [0.05, 0.1) is 17.7 Å². The number of carbonyl (C=O) groups excluding carboxylic acids is 1. The van der Waals surface area contributed by atoms with Crippen LogP contribution in [0.5, 0.6) is 0 Å². The van der Waals surface area contributed by atoms with Crippen molar-refractivity contribution in [2.24, 2.45) is 0 Å². The number of rotatable bonds is 2. The Hall–Kier alpha value is -1.81. The van der Waals surface area contributed by atoms with Crippen LogP contribution in [0, 0.1) is 0 Å². The highest BCUT2D eigenvalue weighted by Crippen LogP contribution is 2.37. The Labute approximate surface area is 126 Å². The molecule has 0 bridgehead atoms. The Morgan fingerprint density at radius 3 is 2.09 bits per heavy atom. The highest BCUT2D eigenvalue weighted by molar-refractivity contribution is 5.94. The van der Waals surface area contributed by atoms with E-state index in [9.17, 15) is 31.1 Å². The van der Waals surface area contributed by atoms with Crippen molar-refractivity contribution in [3.63, 3.8) is 0 Å². The van der Waals surface area contributed by atoms with E-state index in [2.05, 4.69) is 5.32 Å². The van der Waals surface area contributed by atoms with E-state index in [1.165, 1.54) is 0 Å². The molecule has 1 atom stereocenters. The van der Waals surface area contributed by atoms with Crippen molar-refractivity contribution in [2.75, 3.05) is 25.0 Å². The summed E-state index contributed by atoms with van der Waals surface area (Å²) in [4.78, 5) is 11.9.